The molecule has 0 unspecified atom stereocenters. The van der Waals surface area contributed by atoms with Crippen molar-refractivity contribution in [2.24, 2.45) is 0 Å². The van der Waals surface area contributed by atoms with Gasteiger partial charge in [0, 0.05) is 13.6 Å². The number of likely N-dealkylation sites (N-methyl/N-ethyl adjacent to an activating group) is 1. The van der Waals surface area contributed by atoms with Gasteiger partial charge in [0.2, 0.25) is 5.91 Å². The summed E-state index contributed by atoms with van der Waals surface area (Å²) in [4.78, 5) is 13.1. The highest BCUT2D eigenvalue weighted by Gasteiger charge is 2.06. The first-order valence-corrected chi connectivity index (χ1v) is 6.66. The van der Waals surface area contributed by atoms with Gasteiger partial charge in [-0.25, -0.2) is 0 Å². The molecule has 0 saturated heterocycles. The van der Waals surface area contributed by atoms with E-state index in [0.717, 1.165) is 13.0 Å². The molecule has 0 atom stereocenters. The van der Waals surface area contributed by atoms with Gasteiger partial charge >= 0.3 is 0 Å². The summed E-state index contributed by atoms with van der Waals surface area (Å²) >= 11 is 3.99. The fourth-order valence-electron chi connectivity index (χ4n) is 1.94. The Balaban J connectivity index is 2.06. The van der Waals surface area contributed by atoms with Gasteiger partial charge in [-0.05, 0) is 22.8 Å². The van der Waals surface area contributed by atoms with Gasteiger partial charge in [-0.1, -0.05) is 42.5 Å². The van der Waals surface area contributed by atoms with Crippen molar-refractivity contribution >= 4 is 29.3 Å². The van der Waals surface area contributed by atoms with Gasteiger partial charge in [0.15, 0.2) is 0 Å². The molecule has 0 aromatic heterocycles. The van der Waals surface area contributed by atoms with E-state index in [-0.39, 0.29) is 11.7 Å². The minimum absolute atomic E-state index is 0.0686. The van der Waals surface area contributed by atoms with Gasteiger partial charge in [0.05, 0.1) is 5.75 Å². The Morgan fingerprint density at radius 2 is 1.89 bits per heavy atom. The van der Waals surface area contributed by atoms with E-state index in [0.29, 0.717) is 0 Å². The summed E-state index contributed by atoms with van der Waals surface area (Å²) in [6.07, 6.45) is 0.876. The first kappa shape index (κ1) is 13.0. The molecule has 1 amide bonds. The standard InChI is InChI=1S/C15H17NOS/c1-16(15(17)11-18)9-8-12-6-7-13-4-2-3-5-14(13)10-12/h2-7,10,18H,8-9,11H2,1H3. The van der Waals surface area contributed by atoms with Crippen molar-refractivity contribution in [3.63, 3.8) is 0 Å². The first-order chi connectivity index (χ1) is 8.70. The Labute approximate surface area is 113 Å². The second kappa shape index (κ2) is 5.91. The highest BCUT2D eigenvalue weighted by Crippen LogP contribution is 2.16. The predicted molar refractivity (Wildman–Crippen MR) is 79.1 cm³/mol. The summed E-state index contributed by atoms with van der Waals surface area (Å²) in [5.41, 5.74) is 1.26. The predicted octanol–water partition coefficient (Wildman–Crippen LogP) is 2.77. The molecule has 2 nitrogen and oxygen atoms in total. The van der Waals surface area contributed by atoms with Crippen LogP contribution in [0.5, 0.6) is 0 Å². The molecule has 2 aromatic carbocycles. The van der Waals surface area contributed by atoms with Crippen LogP contribution in [0.2, 0.25) is 0 Å². The lowest BCUT2D eigenvalue weighted by Gasteiger charge is -2.15. The van der Waals surface area contributed by atoms with Crippen LogP contribution in [0.1, 0.15) is 5.56 Å². The quantitative estimate of drug-likeness (QED) is 0.837. The Bertz CT molecular complexity index is 553. The molecule has 94 valence electrons. The summed E-state index contributed by atoms with van der Waals surface area (Å²) in [6, 6.07) is 14.8. The largest absolute Gasteiger partial charge is 0.345 e. The molecule has 3 heteroatoms. The highest BCUT2D eigenvalue weighted by molar-refractivity contribution is 7.81. The third-order valence-electron chi connectivity index (χ3n) is 3.11. The van der Waals surface area contributed by atoms with Crippen LogP contribution in [0, 0.1) is 0 Å². The van der Waals surface area contributed by atoms with Gasteiger partial charge in [0.25, 0.3) is 0 Å². The Kier molecular flexibility index (Phi) is 4.26. The van der Waals surface area contributed by atoms with Gasteiger partial charge in [-0.15, -0.1) is 0 Å². The number of fused-ring (bicyclic) bond motifs is 1. The number of hydrogen-bond acceptors (Lipinski definition) is 2. The molecule has 0 spiro atoms. The maximum Gasteiger partial charge on any atom is 0.232 e. The van der Waals surface area contributed by atoms with Crippen molar-refractivity contribution in [3.8, 4) is 0 Å². The van der Waals surface area contributed by atoms with Gasteiger partial charge in [0.1, 0.15) is 0 Å². The minimum atomic E-state index is 0.0686. The Morgan fingerprint density at radius 1 is 1.17 bits per heavy atom. The number of hydrogen-bond donors (Lipinski definition) is 1. The lowest BCUT2D eigenvalue weighted by atomic mass is 10.1. The lowest BCUT2D eigenvalue weighted by molar-refractivity contribution is -0.127. The summed E-state index contributed by atoms with van der Waals surface area (Å²) in [5, 5.41) is 2.50. The number of amides is 1. The van der Waals surface area contributed by atoms with Crippen LogP contribution in [0.15, 0.2) is 42.5 Å². The summed E-state index contributed by atoms with van der Waals surface area (Å²) in [7, 11) is 1.82. The molecule has 0 heterocycles. The second-order valence-corrected chi connectivity index (χ2v) is 4.72. The van der Waals surface area contributed by atoms with Crippen molar-refractivity contribution in [2.45, 2.75) is 6.42 Å². The molecule has 2 aromatic rings. The molecule has 0 aliphatic heterocycles. The van der Waals surface area contributed by atoms with E-state index >= 15 is 0 Å². The van der Waals surface area contributed by atoms with E-state index in [9.17, 15) is 4.79 Å². The number of thiol groups is 1. The van der Waals surface area contributed by atoms with E-state index in [4.69, 9.17) is 0 Å². The van der Waals surface area contributed by atoms with E-state index < -0.39 is 0 Å². The fraction of sp³-hybridized carbons (Fsp3) is 0.267. The van der Waals surface area contributed by atoms with E-state index in [1.165, 1.54) is 16.3 Å². The molecule has 0 bridgehead atoms. The van der Waals surface area contributed by atoms with Crippen LogP contribution in [0.4, 0.5) is 0 Å². The molecule has 0 aliphatic rings. The van der Waals surface area contributed by atoms with Crippen LogP contribution in [-0.4, -0.2) is 30.2 Å². The number of rotatable bonds is 4. The van der Waals surface area contributed by atoms with Crippen molar-refractivity contribution < 1.29 is 4.79 Å². The Hall–Kier alpha value is -1.48. The van der Waals surface area contributed by atoms with Crippen LogP contribution in [-0.2, 0) is 11.2 Å². The number of carbonyl (C=O) groups is 1. The summed E-state index contributed by atoms with van der Waals surface area (Å²) < 4.78 is 0. The van der Waals surface area contributed by atoms with Crippen LogP contribution in [0.3, 0.4) is 0 Å². The van der Waals surface area contributed by atoms with E-state index in [1.54, 1.807) is 4.90 Å². The summed E-state index contributed by atoms with van der Waals surface area (Å²) in [5.74, 6) is 0.341. The highest BCUT2D eigenvalue weighted by atomic mass is 32.1. The maximum absolute atomic E-state index is 11.4. The van der Waals surface area contributed by atoms with Gasteiger partial charge in [-0.2, -0.15) is 12.6 Å². The first-order valence-electron chi connectivity index (χ1n) is 6.03. The van der Waals surface area contributed by atoms with Crippen molar-refractivity contribution in [1.29, 1.82) is 0 Å². The average Bonchev–Trinajstić information content (AvgIpc) is 2.43. The minimum Gasteiger partial charge on any atom is -0.345 e. The van der Waals surface area contributed by atoms with E-state index in [1.807, 2.05) is 19.2 Å². The second-order valence-electron chi connectivity index (χ2n) is 4.40. The normalized spacial score (nSPS) is 10.6. The topological polar surface area (TPSA) is 20.3 Å². The molecule has 18 heavy (non-hydrogen) atoms. The number of nitrogens with zero attached hydrogens (tertiary/aromatic N) is 1. The number of carbonyl (C=O) groups excluding carboxylic acids is 1. The van der Waals surface area contributed by atoms with Crippen molar-refractivity contribution in [2.75, 3.05) is 19.3 Å². The van der Waals surface area contributed by atoms with Gasteiger partial charge in [-0.3, -0.25) is 4.79 Å². The molecule has 0 N–H and O–H groups in total. The molecule has 0 saturated carbocycles. The number of benzene rings is 2. The van der Waals surface area contributed by atoms with E-state index in [2.05, 4.69) is 43.0 Å². The molecule has 0 aliphatic carbocycles. The smallest absolute Gasteiger partial charge is 0.232 e. The SMILES string of the molecule is CN(CCc1ccc2ccccc2c1)C(=O)CS. The molecule has 0 fully saturated rings. The monoisotopic (exact) mass is 259 g/mol. The zero-order valence-corrected chi connectivity index (χ0v) is 11.4. The molecular weight excluding hydrogens is 242 g/mol. The third-order valence-corrected chi connectivity index (χ3v) is 3.38. The average molecular weight is 259 g/mol. The summed E-state index contributed by atoms with van der Waals surface area (Å²) in [6.45, 7) is 0.734. The molecular formula is C15H17NOS. The van der Waals surface area contributed by atoms with Crippen molar-refractivity contribution in [3.05, 3.63) is 48.0 Å². The zero-order chi connectivity index (χ0) is 13.0. The van der Waals surface area contributed by atoms with Gasteiger partial charge < -0.3 is 4.90 Å². The third kappa shape index (κ3) is 3.05. The van der Waals surface area contributed by atoms with Crippen molar-refractivity contribution in [1.82, 2.24) is 4.90 Å². The fourth-order valence-corrected chi connectivity index (χ4v) is 2.18. The Morgan fingerprint density at radius 3 is 2.61 bits per heavy atom. The van der Waals surface area contributed by atoms with Crippen LogP contribution >= 0.6 is 12.6 Å². The lowest BCUT2D eigenvalue weighted by Crippen LogP contribution is -2.29. The zero-order valence-electron chi connectivity index (χ0n) is 10.5. The molecule has 0 radical (unpaired) electrons. The molecule has 2 rings (SSSR count). The van der Waals surface area contributed by atoms with Crippen LogP contribution < -0.4 is 0 Å². The maximum atomic E-state index is 11.4. The van der Waals surface area contributed by atoms with Crippen LogP contribution in [0.25, 0.3) is 10.8 Å².